The lowest BCUT2D eigenvalue weighted by Crippen LogP contribution is -2.26. The van der Waals surface area contributed by atoms with Gasteiger partial charge in [0.1, 0.15) is 6.29 Å². The van der Waals surface area contributed by atoms with Gasteiger partial charge in [0.25, 0.3) is 0 Å². The normalized spacial score (nSPS) is 17.4. The minimum absolute atomic E-state index is 0.0993. The van der Waals surface area contributed by atoms with E-state index < -0.39 is 0 Å². The number of carbonyl (C=O) groups excluding carboxylic acids is 2. The third-order valence-corrected chi connectivity index (χ3v) is 3.71. The van der Waals surface area contributed by atoms with E-state index >= 15 is 0 Å². The highest BCUT2D eigenvalue weighted by Gasteiger charge is 2.18. The van der Waals surface area contributed by atoms with Crippen molar-refractivity contribution >= 4 is 29.4 Å². The van der Waals surface area contributed by atoms with Gasteiger partial charge < -0.3 is 10.1 Å². The Balaban J connectivity index is 2.05. The van der Waals surface area contributed by atoms with Gasteiger partial charge in [-0.1, -0.05) is 0 Å². The number of benzene rings is 1. The van der Waals surface area contributed by atoms with Crippen LogP contribution in [0.25, 0.3) is 0 Å². The van der Waals surface area contributed by atoms with Gasteiger partial charge in [-0.2, -0.15) is 0 Å². The number of nitrogens with one attached hydrogen (secondary N) is 1. The van der Waals surface area contributed by atoms with Crippen molar-refractivity contribution in [2.24, 2.45) is 0 Å². The van der Waals surface area contributed by atoms with Crippen molar-refractivity contribution in [2.45, 2.75) is 38.1 Å². The van der Waals surface area contributed by atoms with E-state index in [4.69, 9.17) is 11.6 Å². The van der Waals surface area contributed by atoms with Crippen LogP contribution in [-0.2, 0) is 11.2 Å². The van der Waals surface area contributed by atoms with Gasteiger partial charge in [-0.3, -0.25) is 4.79 Å². The first-order chi connectivity index (χ1) is 9.24. The first-order valence-corrected chi connectivity index (χ1v) is 7.22. The summed E-state index contributed by atoms with van der Waals surface area (Å²) in [5, 5.41) is 3.17. The number of hydrogen-bond acceptors (Lipinski definition) is 3. The number of carbonyl (C=O) groups is 2. The summed E-state index contributed by atoms with van der Waals surface area (Å²) in [6.07, 6.45) is 4.84. The summed E-state index contributed by atoms with van der Waals surface area (Å²) in [6, 6.07) is 5.59. The highest BCUT2D eigenvalue weighted by atomic mass is 35.5. The zero-order valence-corrected chi connectivity index (χ0v) is 11.6. The molecule has 19 heavy (non-hydrogen) atoms. The number of ketones is 1. The number of unbranched alkanes of at least 4 members (excludes halogenated alkanes) is 1. The molecule has 2 rings (SSSR count). The fourth-order valence-electron chi connectivity index (χ4n) is 2.32. The number of rotatable bonds is 6. The smallest absolute Gasteiger partial charge is 0.162 e. The van der Waals surface area contributed by atoms with Gasteiger partial charge in [-0.05, 0) is 49.4 Å². The van der Waals surface area contributed by atoms with E-state index in [1.165, 1.54) is 0 Å². The molecule has 0 aromatic heterocycles. The molecule has 0 bridgehead atoms. The molecular formula is C15H18ClNO2. The van der Waals surface area contributed by atoms with Crippen LogP contribution in [0.15, 0.2) is 18.2 Å². The lowest BCUT2D eigenvalue weighted by molar-refractivity contribution is -0.108. The third-order valence-electron chi connectivity index (χ3n) is 3.44. The fraction of sp³-hybridized carbons (Fsp3) is 0.467. The van der Waals surface area contributed by atoms with Crippen molar-refractivity contribution in [3.63, 3.8) is 0 Å². The Bertz CT molecular complexity index is 473. The molecule has 1 N–H and O–H groups in total. The van der Waals surface area contributed by atoms with Gasteiger partial charge in [0.2, 0.25) is 0 Å². The first-order valence-electron chi connectivity index (χ1n) is 6.68. The molecule has 0 radical (unpaired) electrons. The molecule has 1 atom stereocenters. The molecule has 0 saturated heterocycles. The Labute approximate surface area is 118 Å². The van der Waals surface area contributed by atoms with E-state index in [1.54, 1.807) is 0 Å². The number of anilines is 1. The number of halogens is 1. The van der Waals surface area contributed by atoms with Crippen LogP contribution in [0, 0.1) is 0 Å². The van der Waals surface area contributed by atoms with Crippen molar-refractivity contribution in [2.75, 3.05) is 11.2 Å². The Hall–Kier alpha value is -1.35. The van der Waals surface area contributed by atoms with Crippen molar-refractivity contribution in [1.29, 1.82) is 0 Å². The summed E-state index contributed by atoms with van der Waals surface area (Å²) in [4.78, 5) is 22.8. The molecule has 0 saturated carbocycles. The molecule has 1 unspecified atom stereocenters. The van der Waals surface area contributed by atoms with E-state index in [-0.39, 0.29) is 11.8 Å². The largest absolute Gasteiger partial charge is 0.375 e. The van der Waals surface area contributed by atoms with Crippen molar-refractivity contribution in [3.8, 4) is 0 Å². The average Bonchev–Trinajstić information content (AvgIpc) is 2.46. The number of Topliss-reactive ketones (excluding diaryl/α,β-unsaturated/α-hetero) is 1. The number of fused-ring (bicyclic) bond motifs is 1. The zero-order valence-electron chi connectivity index (χ0n) is 10.8. The van der Waals surface area contributed by atoms with Crippen LogP contribution in [-0.4, -0.2) is 24.0 Å². The molecule has 1 heterocycles. The van der Waals surface area contributed by atoms with Gasteiger partial charge in [-0.25, -0.2) is 0 Å². The fourth-order valence-corrected chi connectivity index (χ4v) is 2.51. The molecule has 3 nitrogen and oxygen atoms in total. The molecule has 0 aliphatic carbocycles. The van der Waals surface area contributed by atoms with Gasteiger partial charge in [-0.15, -0.1) is 11.6 Å². The Morgan fingerprint density at radius 3 is 3.00 bits per heavy atom. The summed E-state index contributed by atoms with van der Waals surface area (Å²) in [5.41, 5.74) is 2.86. The van der Waals surface area contributed by atoms with Crippen LogP contribution in [0.3, 0.4) is 0 Å². The highest BCUT2D eigenvalue weighted by Crippen LogP contribution is 2.26. The molecule has 1 aliphatic rings. The number of aryl methyl sites for hydroxylation is 1. The van der Waals surface area contributed by atoms with Gasteiger partial charge in [0.05, 0.1) is 6.04 Å². The molecule has 1 aliphatic heterocycles. The summed E-state index contributed by atoms with van der Waals surface area (Å²) >= 11 is 5.61. The van der Waals surface area contributed by atoms with Gasteiger partial charge in [0, 0.05) is 23.6 Å². The molecule has 4 heteroatoms. The van der Waals surface area contributed by atoms with E-state index in [9.17, 15) is 9.59 Å². The second-order valence-electron chi connectivity index (χ2n) is 4.87. The second-order valence-corrected chi connectivity index (χ2v) is 5.24. The Kier molecular flexibility index (Phi) is 4.97. The van der Waals surface area contributed by atoms with Crippen LogP contribution < -0.4 is 5.32 Å². The standard InChI is InChI=1S/C15H18ClNO2/c16-8-2-1-3-15(19)12-5-7-14-11(9-12)4-6-13(10-18)17-14/h5,7,9-10,13,17H,1-4,6,8H2. The third kappa shape index (κ3) is 3.57. The van der Waals surface area contributed by atoms with E-state index in [0.717, 1.165) is 48.8 Å². The van der Waals surface area contributed by atoms with Crippen molar-refractivity contribution in [1.82, 2.24) is 0 Å². The maximum absolute atomic E-state index is 12.0. The van der Waals surface area contributed by atoms with Crippen molar-refractivity contribution in [3.05, 3.63) is 29.3 Å². The maximum Gasteiger partial charge on any atom is 0.162 e. The minimum atomic E-state index is -0.0993. The van der Waals surface area contributed by atoms with E-state index in [0.29, 0.717) is 12.3 Å². The quantitative estimate of drug-likeness (QED) is 0.376. The van der Waals surface area contributed by atoms with E-state index in [2.05, 4.69) is 5.32 Å². The summed E-state index contributed by atoms with van der Waals surface area (Å²) in [7, 11) is 0. The SMILES string of the molecule is O=CC1CCc2cc(C(=O)CCCCCl)ccc2N1. The van der Waals surface area contributed by atoms with E-state index in [1.807, 2.05) is 18.2 Å². The van der Waals surface area contributed by atoms with Crippen molar-refractivity contribution < 1.29 is 9.59 Å². The summed E-state index contributed by atoms with van der Waals surface area (Å²) in [6.45, 7) is 0. The molecular weight excluding hydrogens is 262 g/mol. The molecule has 0 amide bonds. The predicted molar refractivity (Wildman–Crippen MR) is 77.1 cm³/mol. The molecule has 1 aromatic rings. The maximum atomic E-state index is 12.0. The monoisotopic (exact) mass is 279 g/mol. The molecule has 0 fully saturated rings. The number of hydrogen-bond donors (Lipinski definition) is 1. The average molecular weight is 280 g/mol. The van der Waals surface area contributed by atoms with Crippen LogP contribution in [0.4, 0.5) is 5.69 Å². The lowest BCUT2D eigenvalue weighted by atomic mass is 9.95. The lowest BCUT2D eigenvalue weighted by Gasteiger charge is -2.23. The van der Waals surface area contributed by atoms with Crippen LogP contribution in [0.2, 0.25) is 0 Å². The summed E-state index contributed by atoms with van der Waals surface area (Å²) in [5.74, 6) is 0.777. The molecule has 1 aromatic carbocycles. The highest BCUT2D eigenvalue weighted by molar-refractivity contribution is 6.17. The van der Waals surface area contributed by atoms with Gasteiger partial charge >= 0.3 is 0 Å². The molecule has 0 spiro atoms. The van der Waals surface area contributed by atoms with Crippen LogP contribution in [0.1, 0.15) is 41.6 Å². The Morgan fingerprint density at radius 2 is 2.26 bits per heavy atom. The van der Waals surface area contributed by atoms with Crippen LogP contribution in [0.5, 0.6) is 0 Å². The number of aldehydes is 1. The first kappa shape index (κ1) is 14.1. The van der Waals surface area contributed by atoms with Gasteiger partial charge in [0.15, 0.2) is 5.78 Å². The Morgan fingerprint density at radius 1 is 1.42 bits per heavy atom. The predicted octanol–water partition coefficient (Wildman–Crippen LogP) is 3.20. The summed E-state index contributed by atoms with van der Waals surface area (Å²) < 4.78 is 0. The van der Waals surface area contributed by atoms with Crippen LogP contribution >= 0.6 is 11.6 Å². The molecule has 102 valence electrons. The second kappa shape index (κ2) is 6.71. The minimum Gasteiger partial charge on any atom is -0.375 e. The number of alkyl halides is 1. The zero-order chi connectivity index (χ0) is 13.7. The topological polar surface area (TPSA) is 46.2 Å².